The summed E-state index contributed by atoms with van der Waals surface area (Å²) in [5.74, 6) is 0. The molecule has 98 valence electrons. The van der Waals surface area contributed by atoms with Crippen molar-refractivity contribution >= 4 is 17.6 Å². The summed E-state index contributed by atoms with van der Waals surface area (Å²) < 4.78 is 5.91. The summed E-state index contributed by atoms with van der Waals surface area (Å²) in [6.07, 6.45) is 1.62. The fraction of sp³-hybridized carbons (Fsp3) is 0.333. The second kappa shape index (κ2) is 4.87. The summed E-state index contributed by atoms with van der Waals surface area (Å²) in [4.78, 5) is 16.3. The molecular formula is C15H15NO2S. The first-order valence-electron chi connectivity index (χ1n) is 6.32. The zero-order chi connectivity index (χ0) is 13.4. The Morgan fingerprint density at radius 2 is 2.26 bits per heavy atom. The van der Waals surface area contributed by atoms with E-state index in [4.69, 9.17) is 4.74 Å². The van der Waals surface area contributed by atoms with Gasteiger partial charge in [-0.25, -0.2) is 4.98 Å². The number of hydrogen-bond acceptors (Lipinski definition) is 4. The molecule has 3 nitrogen and oxygen atoms in total. The van der Waals surface area contributed by atoms with Gasteiger partial charge in [-0.3, -0.25) is 4.79 Å². The topological polar surface area (TPSA) is 39.2 Å². The van der Waals surface area contributed by atoms with Gasteiger partial charge in [0.15, 0.2) is 11.3 Å². The molecule has 0 N–H and O–H groups in total. The number of aldehydes is 1. The molecule has 2 heterocycles. The summed E-state index contributed by atoms with van der Waals surface area (Å²) in [5.41, 5.74) is 4.62. The molecule has 1 aromatic heterocycles. The third-order valence-corrected chi connectivity index (χ3v) is 4.35. The van der Waals surface area contributed by atoms with Crippen LogP contribution in [0.4, 0.5) is 0 Å². The average Bonchev–Trinajstić information content (AvgIpc) is 2.79. The summed E-state index contributed by atoms with van der Waals surface area (Å²) >= 11 is 1.43. The number of carbonyl (C=O) groups is 1. The van der Waals surface area contributed by atoms with E-state index in [1.54, 1.807) is 0 Å². The molecule has 0 saturated heterocycles. The SMILES string of the molecule is Cc1ccc2c(c1)C(c1nc(C=O)sc1C)OCC2. The number of ether oxygens (including phenoxy) is 1. The van der Waals surface area contributed by atoms with Gasteiger partial charge in [0.1, 0.15) is 6.10 Å². The van der Waals surface area contributed by atoms with Crippen LogP contribution in [0.3, 0.4) is 0 Å². The van der Waals surface area contributed by atoms with Gasteiger partial charge < -0.3 is 4.74 Å². The number of aryl methyl sites for hydroxylation is 2. The van der Waals surface area contributed by atoms with Gasteiger partial charge in [-0.2, -0.15) is 0 Å². The predicted octanol–water partition coefficient (Wildman–Crippen LogP) is 3.23. The minimum absolute atomic E-state index is 0.131. The molecule has 3 rings (SSSR count). The van der Waals surface area contributed by atoms with Crippen molar-refractivity contribution in [1.29, 1.82) is 0 Å². The molecule has 0 fully saturated rings. The van der Waals surface area contributed by atoms with Crippen molar-refractivity contribution in [3.8, 4) is 0 Å². The molecule has 0 saturated carbocycles. The number of hydrogen-bond donors (Lipinski definition) is 0. The Morgan fingerprint density at radius 3 is 3.00 bits per heavy atom. The second-order valence-corrected chi connectivity index (χ2v) is 6.05. The number of rotatable bonds is 2. The lowest BCUT2D eigenvalue weighted by Gasteiger charge is -2.25. The van der Waals surface area contributed by atoms with Crippen molar-refractivity contribution in [3.05, 3.63) is 50.5 Å². The van der Waals surface area contributed by atoms with Crippen LogP contribution in [-0.2, 0) is 11.2 Å². The van der Waals surface area contributed by atoms with E-state index in [1.165, 1.54) is 28.0 Å². The fourth-order valence-corrected chi connectivity index (χ4v) is 3.27. The Hall–Kier alpha value is -1.52. The lowest BCUT2D eigenvalue weighted by atomic mass is 9.94. The maximum absolute atomic E-state index is 10.9. The smallest absolute Gasteiger partial charge is 0.178 e. The summed E-state index contributed by atoms with van der Waals surface area (Å²) in [7, 11) is 0. The lowest BCUT2D eigenvalue weighted by Crippen LogP contribution is -2.18. The molecule has 0 radical (unpaired) electrons. The first-order valence-corrected chi connectivity index (χ1v) is 7.14. The monoisotopic (exact) mass is 273 g/mol. The third kappa shape index (κ3) is 2.22. The number of fused-ring (bicyclic) bond motifs is 1. The summed E-state index contributed by atoms with van der Waals surface area (Å²) in [5, 5.41) is 0.524. The van der Waals surface area contributed by atoms with Gasteiger partial charge in [0, 0.05) is 4.88 Å². The highest BCUT2D eigenvalue weighted by molar-refractivity contribution is 7.13. The lowest BCUT2D eigenvalue weighted by molar-refractivity contribution is 0.0669. The van der Waals surface area contributed by atoms with E-state index >= 15 is 0 Å². The summed E-state index contributed by atoms with van der Waals surface area (Å²) in [6.45, 7) is 4.78. The molecule has 1 unspecified atom stereocenters. The molecule has 0 spiro atoms. The van der Waals surface area contributed by atoms with Gasteiger partial charge in [-0.15, -0.1) is 11.3 Å². The van der Waals surface area contributed by atoms with Crippen molar-refractivity contribution in [2.45, 2.75) is 26.4 Å². The van der Waals surface area contributed by atoms with E-state index < -0.39 is 0 Å². The van der Waals surface area contributed by atoms with Gasteiger partial charge in [0.25, 0.3) is 0 Å². The molecular weight excluding hydrogens is 258 g/mol. The number of nitrogens with zero attached hydrogens (tertiary/aromatic N) is 1. The summed E-state index contributed by atoms with van der Waals surface area (Å²) in [6, 6.07) is 6.47. The van der Waals surface area contributed by atoms with Crippen molar-refractivity contribution in [2.75, 3.05) is 6.61 Å². The highest BCUT2D eigenvalue weighted by atomic mass is 32.1. The van der Waals surface area contributed by atoms with E-state index in [2.05, 4.69) is 30.1 Å². The average molecular weight is 273 g/mol. The quantitative estimate of drug-likeness (QED) is 0.789. The van der Waals surface area contributed by atoms with E-state index in [1.807, 2.05) is 6.92 Å². The maximum Gasteiger partial charge on any atom is 0.178 e. The van der Waals surface area contributed by atoms with E-state index in [0.717, 1.165) is 23.3 Å². The molecule has 1 aliphatic rings. The Morgan fingerprint density at radius 1 is 1.42 bits per heavy atom. The molecule has 0 aliphatic carbocycles. The highest BCUT2D eigenvalue weighted by Crippen LogP contribution is 2.35. The molecule has 19 heavy (non-hydrogen) atoms. The number of thiazole rings is 1. The van der Waals surface area contributed by atoms with Crippen molar-refractivity contribution in [2.24, 2.45) is 0 Å². The van der Waals surface area contributed by atoms with E-state index in [9.17, 15) is 4.79 Å². The Balaban J connectivity index is 2.09. The number of aromatic nitrogens is 1. The largest absolute Gasteiger partial charge is 0.367 e. The Kier molecular flexibility index (Phi) is 3.21. The normalized spacial score (nSPS) is 18.1. The van der Waals surface area contributed by atoms with Crippen LogP contribution in [0.15, 0.2) is 18.2 Å². The van der Waals surface area contributed by atoms with Crippen LogP contribution in [0.2, 0.25) is 0 Å². The predicted molar refractivity (Wildman–Crippen MR) is 74.9 cm³/mol. The van der Waals surface area contributed by atoms with E-state index in [0.29, 0.717) is 11.6 Å². The number of benzene rings is 1. The minimum Gasteiger partial charge on any atom is -0.367 e. The highest BCUT2D eigenvalue weighted by Gasteiger charge is 2.26. The van der Waals surface area contributed by atoms with Gasteiger partial charge in [0.05, 0.1) is 12.3 Å². The molecule has 2 aromatic rings. The van der Waals surface area contributed by atoms with Gasteiger partial charge in [0.2, 0.25) is 0 Å². The fourth-order valence-electron chi connectivity index (χ4n) is 2.51. The van der Waals surface area contributed by atoms with Gasteiger partial charge >= 0.3 is 0 Å². The standard InChI is InChI=1S/C15H15NO2S/c1-9-3-4-11-5-6-18-15(12(11)7-9)14-10(2)19-13(8-17)16-14/h3-4,7-8,15H,5-6H2,1-2H3. The minimum atomic E-state index is -0.131. The molecule has 1 aromatic carbocycles. The van der Waals surface area contributed by atoms with Crippen LogP contribution >= 0.6 is 11.3 Å². The van der Waals surface area contributed by atoms with E-state index in [-0.39, 0.29) is 6.10 Å². The zero-order valence-electron chi connectivity index (χ0n) is 11.0. The molecule has 4 heteroatoms. The van der Waals surface area contributed by atoms with Crippen LogP contribution < -0.4 is 0 Å². The van der Waals surface area contributed by atoms with Gasteiger partial charge in [-0.1, -0.05) is 23.8 Å². The van der Waals surface area contributed by atoms with Crippen molar-refractivity contribution < 1.29 is 9.53 Å². The molecule has 1 aliphatic heterocycles. The third-order valence-electron chi connectivity index (χ3n) is 3.44. The molecule has 0 amide bonds. The van der Waals surface area contributed by atoms with Gasteiger partial charge in [-0.05, 0) is 31.4 Å². The van der Waals surface area contributed by atoms with Crippen LogP contribution in [0, 0.1) is 13.8 Å². The van der Waals surface area contributed by atoms with Crippen molar-refractivity contribution in [3.63, 3.8) is 0 Å². The van der Waals surface area contributed by atoms with Crippen LogP contribution in [0.1, 0.15) is 43.2 Å². The molecule has 0 bridgehead atoms. The zero-order valence-corrected chi connectivity index (χ0v) is 11.8. The van der Waals surface area contributed by atoms with Crippen molar-refractivity contribution in [1.82, 2.24) is 4.98 Å². The Bertz CT molecular complexity index is 633. The first-order chi connectivity index (χ1) is 9.19. The first kappa shape index (κ1) is 12.5. The van der Waals surface area contributed by atoms with Crippen LogP contribution in [0.5, 0.6) is 0 Å². The number of carbonyl (C=O) groups excluding carboxylic acids is 1. The maximum atomic E-state index is 10.9. The van der Waals surface area contributed by atoms with Crippen LogP contribution in [0.25, 0.3) is 0 Å². The second-order valence-electron chi connectivity index (χ2n) is 4.81. The Labute approximate surface area is 116 Å². The van der Waals surface area contributed by atoms with Crippen LogP contribution in [-0.4, -0.2) is 17.9 Å². The molecule has 1 atom stereocenters.